The molecule has 15 heavy (non-hydrogen) atoms. The van der Waals surface area contributed by atoms with Crippen LogP contribution in [0.4, 0.5) is 4.79 Å². The monoisotopic (exact) mass is 214 g/mol. The lowest BCUT2D eigenvalue weighted by atomic mass is 10.00. The van der Waals surface area contributed by atoms with Gasteiger partial charge in [0.1, 0.15) is 5.54 Å². The molecule has 0 rings (SSSR count). The molecule has 86 valence electrons. The van der Waals surface area contributed by atoms with Crippen molar-refractivity contribution in [3.63, 3.8) is 0 Å². The minimum atomic E-state index is -1.22. The smallest absolute Gasteiger partial charge is 0.329 e. The van der Waals surface area contributed by atoms with Gasteiger partial charge in [-0.25, -0.2) is 9.59 Å². The van der Waals surface area contributed by atoms with Crippen molar-refractivity contribution in [1.82, 2.24) is 10.2 Å². The third kappa shape index (κ3) is 3.61. The van der Waals surface area contributed by atoms with Crippen LogP contribution in [0.5, 0.6) is 0 Å². The summed E-state index contributed by atoms with van der Waals surface area (Å²) in [4.78, 5) is 23.8. The summed E-state index contributed by atoms with van der Waals surface area (Å²) in [7, 11) is 1.58. The van der Waals surface area contributed by atoms with Crippen molar-refractivity contribution in [2.24, 2.45) is 0 Å². The van der Waals surface area contributed by atoms with E-state index in [9.17, 15) is 9.59 Å². The van der Waals surface area contributed by atoms with E-state index >= 15 is 0 Å². The summed E-state index contributed by atoms with van der Waals surface area (Å²) in [6.07, 6.45) is 1.90. The van der Waals surface area contributed by atoms with Crippen LogP contribution in [0.1, 0.15) is 20.3 Å². The number of nitrogens with one attached hydrogen (secondary N) is 1. The Kier molecular flexibility index (Phi) is 4.84. The Morgan fingerprint density at radius 2 is 2.13 bits per heavy atom. The number of rotatable bonds is 5. The fraction of sp³-hybridized carbons (Fsp3) is 0.600. The number of carboxylic acids is 1. The third-order valence-electron chi connectivity index (χ3n) is 2.31. The van der Waals surface area contributed by atoms with Gasteiger partial charge in [0.25, 0.3) is 0 Å². The number of hydrogen-bond acceptors (Lipinski definition) is 2. The van der Waals surface area contributed by atoms with Crippen molar-refractivity contribution < 1.29 is 14.7 Å². The highest BCUT2D eigenvalue weighted by Gasteiger charge is 2.33. The SMILES string of the molecule is C=CCN(C)C(=O)NC(C)(CC)C(=O)O. The first-order chi connectivity index (χ1) is 6.87. The van der Waals surface area contributed by atoms with Crippen LogP contribution in [-0.2, 0) is 4.79 Å². The van der Waals surface area contributed by atoms with Gasteiger partial charge in [0.2, 0.25) is 0 Å². The largest absolute Gasteiger partial charge is 0.480 e. The number of carboxylic acid groups (broad SMARTS) is 1. The highest BCUT2D eigenvalue weighted by Crippen LogP contribution is 2.09. The van der Waals surface area contributed by atoms with Crippen molar-refractivity contribution in [3.05, 3.63) is 12.7 Å². The van der Waals surface area contributed by atoms with Gasteiger partial charge in [-0.05, 0) is 13.3 Å². The molecule has 0 aromatic carbocycles. The molecule has 0 bridgehead atoms. The fourth-order valence-corrected chi connectivity index (χ4v) is 0.901. The van der Waals surface area contributed by atoms with E-state index in [1.807, 2.05) is 0 Å². The van der Waals surface area contributed by atoms with E-state index in [4.69, 9.17) is 5.11 Å². The molecule has 1 atom stereocenters. The lowest BCUT2D eigenvalue weighted by Crippen LogP contribution is -2.55. The molecule has 1 unspecified atom stereocenters. The van der Waals surface area contributed by atoms with E-state index in [0.29, 0.717) is 13.0 Å². The molecule has 0 heterocycles. The van der Waals surface area contributed by atoms with Crippen molar-refractivity contribution in [2.75, 3.05) is 13.6 Å². The van der Waals surface area contributed by atoms with Crippen LogP contribution in [0.3, 0.4) is 0 Å². The number of amides is 2. The third-order valence-corrected chi connectivity index (χ3v) is 2.31. The average molecular weight is 214 g/mol. The first-order valence-electron chi connectivity index (χ1n) is 4.75. The minimum absolute atomic E-state index is 0.329. The van der Waals surface area contributed by atoms with Crippen molar-refractivity contribution in [3.8, 4) is 0 Å². The summed E-state index contributed by atoms with van der Waals surface area (Å²) in [5.74, 6) is -1.04. The maximum Gasteiger partial charge on any atom is 0.329 e. The van der Waals surface area contributed by atoms with Crippen molar-refractivity contribution in [2.45, 2.75) is 25.8 Å². The second-order valence-electron chi connectivity index (χ2n) is 3.59. The zero-order chi connectivity index (χ0) is 12.1. The van der Waals surface area contributed by atoms with Crippen LogP contribution in [0.2, 0.25) is 0 Å². The van der Waals surface area contributed by atoms with Crippen LogP contribution in [-0.4, -0.2) is 41.1 Å². The Morgan fingerprint density at radius 1 is 1.60 bits per heavy atom. The molecule has 0 saturated heterocycles. The van der Waals surface area contributed by atoms with Gasteiger partial charge < -0.3 is 15.3 Å². The number of likely N-dealkylation sites (N-methyl/N-ethyl adjacent to an activating group) is 1. The molecular formula is C10H18N2O3. The van der Waals surface area contributed by atoms with Crippen LogP contribution >= 0.6 is 0 Å². The zero-order valence-electron chi connectivity index (χ0n) is 9.41. The van der Waals surface area contributed by atoms with Crippen LogP contribution in [0.15, 0.2) is 12.7 Å². The number of urea groups is 1. The first kappa shape index (κ1) is 13.5. The summed E-state index contributed by atoms with van der Waals surface area (Å²) >= 11 is 0. The van der Waals surface area contributed by atoms with E-state index in [-0.39, 0.29) is 0 Å². The minimum Gasteiger partial charge on any atom is -0.480 e. The molecular weight excluding hydrogens is 196 g/mol. The molecule has 5 nitrogen and oxygen atoms in total. The van der Waals surface area contributed by atoms with Crippen LogP contribution in [0, 0.1) is 0 Å². The number of carbonyl (C=O) groups excluding carboxylic acids is 1. The van der Waals surface area contributed by atoms with Gasteiger partial charge in [-0.15, -0.1) is 6.58 Å². The quantitative estimate of drug-likeness (QED) is 0.672. The normalized spacial score (nSPS) is 13.8. The predicted octanol–water partition coefficient (Wildman–Crippen LogP) is 1.07. The molecule has 2 amide bonds. The fourth-order valence-electron chi connectivity index (χ4n) is 0.901. The lowest BCUT2D eigenvalue weighted by Gasteiger charge is -2.27. The molecule has 0 aliphatic carbocycles. The molecule has 0 radical (unpaired) electrons. The Bertz CT molecular complexity index is 265. The molecule has 0 aromatic rings. The number of carbonyl (C=O) groups is 2. The summed E-state index contributed by atoms with van der Waals surface area (Å²) < 4.78 is 0. The molecule has 0 saturated carbocycles. The second-order valence-corrected chi connectivity index (χ2v) is 3.59. The summed E-state index contributed by atoms with van der Waals surface area (Å²) in [6.45, 7) is 7.07. The van der Waals surface area contributed by atoms with Crippen LogP contribution < -0.4 is 5.32 Å². The average Bonchev–Trinajstić information content (AvgIpc) is 2.17. The molecule has 0 aliphatic heterocycles. The molecule has 5 heteroatoms. The Labute approximate surface area is 89.8 Å². The molecule has 0 aromatic heterocycles. The maximum atomic E-state index is 11.5. The molecule has 0 aliphatic rings. The van der Waals surface area contributed by atoms with E-state index in [0.717, 1.165) is 0 Å². The van der Waals surface area contributed by atoms with Gasteiger partial charge >= 0.3 is 12.0 Å². The number of aliphatic carboxylic acids is 1. The van der Waals surface area contributed by atoms with Gasteiger partial charge in [-0.2, -0.15) is 0 Å². The van der Waals surface area contributed by atoms with Crippen molar-refractivity contribution >= 4 is 12.0 Å². The summed E-state index contributed by atoms with van der Waals surface area (Å²) in [6, 6.07) is -0.415. The molecule has 2 N–H and O–H groups in total. The topological polar surface area (TPSA) is 69.6 Å². The van der Waals surface area contributed by atoms with Gasteiger partial charge in [0, 0.05) is 13.6 Å². The van der Waals surface area contributed by atoms with Gasteiger partial charge in [-0.1, -0.05) is 13.0 Å². The second kappa shape index (κ2) is 5.38. The first-order valence-corrected chi connectivity index (χ1v) is 4.75. The van der Waals surface area contributed by atoms with E-state index < -0.39 is 17.5 Å². The van der Waals surface area contributed by atoms with Gasteiger partial charge in [0.15, 0.2) is 0 Å². The van der Waals surface area contributed by atoms with Crippen LogP contribution in [0.25, 0.3) is 0 Å². The Balaban J connectivity index is 4.49. The predicted molar refractivity (Wildman–Crippen MR) is 57.7 cm³/mol. The summed E-state index contributed by atoms with van der Waals surface area (Å²) in [5, 5.41) is 11.4. The highest BCUT2D eigenvalue weighted by molar-refractivity contribution is 5.85. The highest BCUT2D eigenvalue weighted by atomic mass is 16.4. The maximum absolute atomic E-state index is 11.5. The Morgan fingerprint density at radius 3 is 2.47 bits per heavy atom. The number of nitrogens with zero attached hydrogens (tertiary/aromatic N) is 1. The van der Waals surface area contributed by atoms with Crippen molar-refractivity contribution in [1.29, 1.82) is 0 Å². The van der Waals surface area contributed by atoms with E-state index in [2.05, 4.69) is 11.9 Å². The lowest BCUT2D eigenvalue weighted by molar-refractivity contribution is -0.143. The molecule has 0 spiro atoms. The number of hydrogen-bond donors (Lipinski definition) is 2. The summed E-state index contributed by atoms with van der Waals surface area (Å²) in [5.41, 5.74) is -1.22. The van der Waals surface area contributed by atoms with Gasteiger partial charge in [0.05, 0.1) is 0 Å². The van der Waals surface area contributed by atoms with E-state index in [1.165, 1.54) is 11.8 Å². The standard InChI is InChI=1S/C10H18N2O3/c1-5-7-12(4)9(15)11-10(3,6-2)8(13)14/h5H,1,6-7H2,2-4H3,(H,11,15)(H,13,14). The van der Waals surface area contributed by atoms with Gasteiger partial charge in [-0.3, -0.25) is 0 Å². The van der Waals surface area contributed by atoms with E-state index in [1.54, 1.807) is 20.0 Å². The molecule has 0 fully saturated rings. The Hall–Kier alpha value is -1.52. The zero-order valence-corrected chi connectivity index (χ0v) is 9.41.